The number of benzene rings is 1. The number of ether oxygens (including phenoxy) is 1. The van der Waals surface area contributed by atoms with Crippen LogP contribution in [0.15, 0.2) is 30.3 Å². The zero-order valence-corrected chi connectivity index (χ0v) is 9.72. The number of carbonyl (C=O) groups is 1. The lowest BCUT2D eigenvalue weighted by Gasteiger charge is -2.18. The average molecular weight is 234 g/mol. The molecule has 0 atom stereocenters. The van der Waals surface area contributed by atoms with E-state index in [2.05, 4.69) is 0 Å². The van der Waals surface area contributed by atoms with E-state index in [1.54, 1.807) is 0 Å². The molecule has 0 aliphatic rings. The fourth-order valence-electron chi connectivity index (χ4n) is 1.24. The van der Waals surface area contributed by atoms with Crippen molar-refractivity contribution in [3.63, 3.8) is 0 Å². The molecule has 5 heteroatoms. The number of nitrogens with zero attached hydrogens (tertiary/aromatic N) is 1. The predicted molar refractivity (Wildman–Crippen MR) is 65.0 cm³/mol. The molecule has 1 aromatic carbocycles. The molecule has 1 aromatic rings. The van der Waals surface area contributed by atoms with Crippen LogP contribution in [0.5, 0.6) is 0 Å². The summed E-state index contributed by atoms with van der Waals surface area (Å²) < 4.78 is 5.04. The Balaban J connectivity index is 2.50. The molecule has 17 heavy (non-hydrogen) atoms. The van der Waals surface area contributed by atoms with Gasteiger partial charge >= 0.3 is 6.09 Å². The van der Waals surface area contributed by atoms with Crippen molar-refractivity contribution in [1.29, 1.82) is 5.41 Å². The molecule has 0 bridgehead atoms. The molecule has 0 aromatic heterocycles. The Morgan fingerprint density at radius 3 is 2.65 bits per heavy atom. The molecule has 0 fully saturated rings. The Morgan fingerprint density at radius 2 is 2.12 bits per heavy atom. The minimum Gasteiger partial charge on any atom is -0.444 e. The normalized spacial score (nSPS) is 9.71. The van der Waals surface area contributed by atoms with Crippen molar-refractivity contribution in [2.24, 2.45) is 5.73 Å². The van der Waals surface area contributed by atoms with E-state index in [9.17, 15) is 4.79 Å². The number of nitrogens with two attached hydrogens (primary N) is 1. The molecule has 1 rings (SSSR count). The minimum absolute atomic E-state index is 0.168. The molecule has 0 saturated heterocycles. The Morgan fingerprint density at radius 1 is 1.47 bits per heavy atom. The predicted octanol–water partition coefficient (Wildman–Crippen LogP) is 2.09. The van der Waals surface area contributed by atoms with Crippen molar-refractivity contribution in [3.8, 4) is 0 Å². The number of amides is 1. The SMILES string of the molecule is CC[CH]N(C(=N)N)C(=O)OCc1ccccc1. The Bertz CT molecular complexity index is 379. The van der Waals surface area contributed by atoms with Crippen molar-refractivity contribution in [2.75, 3.05) is 0 Å². The van der Waals surface area contributed by atoms with E-state index >= 15 is 0 Å². The van der Waals surface area contributed by atoms with Crippen molar-refractivity contribution in [2.45, 2.75) is 20.0 Å². The second kappa shape index (κ2) is 6.52. The zero-order valence-electron chi connectivity index (χ0n) is 9.72. The van der Waals surface area contributed by atoms with Crippen LogP contribution >= 0.6 is 0 Å². The highest BCUT2D eigenvalue weighted by molar-refractivity contribution is 5.92. The second-order valence-electron chi connectivity index (χ2n) is 3.39. The van der Waals surface area contributed by atoms with Gasteiger partial charge in [-0.3, -0.25) is 5.41 Å². The van der Waals surface area contributed by atoms with Crippen LogP contribution in [-0.2, 0) is 11.3 Å². The maximum absolute atomic E-state index is 11.6. The fourth-order valence-corrected chi connectivity index (χ4v) is 1.24. The van der Waals surface area contributed by atoms with E-state index in [1.807, 2.05) is 37.3 Å². The number of carbonyl (C=O) groups excluding carboxylic acids is 1. The highest BCUT2D eigenvalue weighted by Crippen LogP contribution is 2.05. The third kappa shape index (κ3) is 4.14. The molecular formula is C12H16N3O2. The van der Waals surface area contributed by atoms with Crippen LogP contribution in [-0.4, -0.2) is 17.0 Å². The fraction of sp³-hybridized carbons (Fsp3) is 0.250. The van der Waals surface area contributed by atoms with E-state index in [1.165, 1.54) is 6.54 Å². The molecule has 0 aliphatic heterocycles. The summed E-state index contributed by atoms with van der Waals surface area (Å²) in [6, 6.07) is 9.33. The molecule has 91 valence electrons. The molecule has 0 unspecified atom stereocenters. The van der Waals surface area contributed by atoms with Gasteiger partial charge in [0.15, 0.2) is 5.96 Å². The average Bonchev–Trinajstić information content (AvgIpc) is 2.34. The summed E-state index contributed by atoms with van der Waals surface area (Å²) in [6.07, 6.45) is -0.0387. The van der Waals surface area contributed by atoms with Crippen molar-refractivity contribution >= 4 is 12.1 Å². The summed E-state index contributed by atoms with van der Waals surface area (Å²) in [5.41, 5.74) is 6.16. The Hall–Kier alpha value is -2.04. The highest BCUT2D eigenvalue weighted by Gasteiger charge is 2.17. The summed E-state index contributed by atoms with van der Waals surface area (Å²) >= 11 is 0. The molecule has 3 N–H and O–H groups in total. The Kier molecular flexibility index (Phi) is 5.00. The molecule has 5 nitrogen and oxygen atoms in total. The number of rotatable bonds is 4. The van der Waals surface area contributed by atoms with Crippen LogP contribution in [0.3, 0.4) is 0 Å². The van der Waals surface area contributed by atoms with Gasteiger partial charge in [-0.2, -0.15) is 0 Å². The van der Waals surface area contributed by atoms with Gasteiger partial charge in [-0.05, 0) is 12.0 Å². The van der Waals surface area contributed by atoms with Crippen LogP contribution < -0.4 is 5.73 Å². The van der Waals surface area contributed by atoms with E-state index in [4.69, 9.17) is 15.9 Å². The highest BCUT2D eigenvalue weighted by atomic mass is 16.6. The quantitative estimate of drug-likeness (QED) is 0.618. The number of hydrogen-bond donors (Lipinski definition) is 2. The number of guanidine groups is 1. The van der Waals surface area contributed by atoms with E-state index in [-0.39, 0.29) is 12.6 Å². The maximum Gasteiger partial charge on any atom is 0.417 e. The summed E-state index contributed by atoms with van der Waals surface area (Å²) in [4.78, 5) is 12.6. The standard InChI is InChI=1S/C12H16N3O2/c1-2-8-15(11(13)14)12(16)17-9-10-6-4-3-5-7-10/h3-8H,2,9H2,1H3,(H3,13,14). The topological polar surface area (TPSA) is 79.4 Å². The molecule has 1 radical (unpaired) electrons. The number of hydrogen-bond acceptors (Lipinski definition) is 3. The van der Waals surface area contributed by atoms with Gasteiger partial charge in [-0.1, -0.05) is 37.3 Å². The maximum atomic E-state index is 11.6. The van der Waals surface area contributed by atoms with E-state index in [0.717, 1.165) is 10.5 Å². The lowest BCUT2D eigenvalue weighted by molar-refractivity contribution is 0.121. The van der Waals surface area contributed by atoms with Crippen LogP contribution in [0.1, 0.15) is 18.9 Å². The lowest BCUT2D eigenvalue weighted by atomic mass is 10.2. The van der Waals surface area contributed by atoms with Gasteiger partial charge in [0, 0.05) is 0 Å². The van der Waals surface area contributed by atoms with Crippen molar-refractivity contribution in [1.82, 2.24) is 4.90 Å². The first kappa shape index (κ1) is 13.0. The second-order valence-corrected chi connectivity index (χ2v) is 3.39. The van der Waals surface area contributed by atoms with Gasteiger partial charge in [0.1, 0.15) is 6.61 Å². The summed E-state index contributed by atoms with van der Waals surface area (Å²) in [6.45, 7) is 3.52. The summed E-state index contributed by atoms with van der Waals surface area (Å²) in [5, 5.41) is 7.24. The molecule has 0 aliphatic carbocycles. The first-order valence-electron chi connectivity index (χ1n) is 5.32. The molecule has 0 saturated carbocycles. The third-order valence-corrected chi connectivity index (χ3v) is 2.03. The summed E-state index contributed by atoms with van der Waals surface area (Å²) in [7, 11) is 0. The van der Waals surface area contributed by atoms with Crippen LogP contribution in [0.25, 0.3) is 0 Å². The van der Waals surface area contributed by atoms with Gasteiger partial charge in [0.25, 0.3) is 0 Å². The van der Waals surface area contributed by atoms with Gasteiger partial charge in [-0.15, -0.1) is 0 Å². The molecule has 0 heterocycles. The van der Waals surface area contributed by atoms with Crippen LogP contribution in [0.4, 0.5) is 4.79 Å². The van der Waals surface area contributed by atoms with Gasteiger partial charge < -0.3 is 10.5 Å². The lowest BCUT2D eigenvalue weighted by Crippen LogP contribution is -2.39. The van der Waals surface area contributed by atoms with E-state index < -0.39 is 6.09 Å². The first-order chi connectivity index (χ1) is 8.15. The summed E-state index contributed by atoms with van der Waals surface area (Å²) in [5.74, 6) is -0.343. The van der Waals surface area contributed by atoms with Crippen LogP contribution in [0, 0.1) is 12.0 Å². The van der Waals surface area contributed by atoms with Gasteiger partial charge in [-0.25, -0.2) is 9.69 Å². The Labute approximate surface area is 101 Å². The van der Waals surface area contributed by atoms with Crippen molar-refractivity contribution < 1.29 is 9.53 Å². The van der Waals surface area contributed by atoms with Gasteiger partial charge in [0.05, 0.1) is 6.54 Å². The largest absolute Gasteiger partial charge is 0.444 e. The smallest absolute Gasteiger partial charge is 0.417 e. The van der Waals surface area contributed by atoms with Crippen molar-refractivity contribution in [3.05, 3.63) is 42.4 Å². The third-order valence-electron chi connectivity index (χ3n) is 2.03. The van der Waals surface area contributed by atoms with E-state index in [0.29, 0.717) is 6.42 Å². The zero-order chi connectivity index (χ0) is 12.7. The number of nitrogens with one attached hydrogen (secondary N) is 1. The molecular weight excluding hydrogens is 218 g/mol. The minimum atomic E-state index is -0.636. The first-order valence-corrected chi connectivity index (χ1v) is 5.32. The monoisotopic (exact) mass is 234 g/mol. The molecule has 0 spiro atoms. The van der Waals surface area contributed by atoms with Crippen LogP contribution in [0.2, 0.25) is 0 Å². The van der Waals surface area contributed by atoms with Gasteiger partial charge in [0.2, 0.25) is 0 Å². The molecule has 1 amide bonds.